The van der Waals surface area contributed by atoms with Crippen LogP contribution >= 0.6 is 11.8 Å². The average molecular weight is 477 g/mol. The highest BCUT2D eigenvalue weighted by molar-refractivity contribution is 8.26. The van der Waals surface area contributed by atoms with E-state index >= 15 is 0 Å². The van der Waals surface area contributed by atoms with Gasteiger partial charge in [0.05, 0.1) is 16.1 Å². The number of ether oxygens (including phenoxy) is 1. The second-order valence-electron chi connectivity index (χ2n) is 7.84. The average Bonchev–Trinajstić information content (AvgIpc) is 3.51. The van der Waals surface area contributed by atoms with E-state index in [1.807, 2.05) is 0 Å². The summed E-state index contributed by atoms with van der Waals surface area (Å²) in [7, 11) is 0. The summed E-state index contributed by atoms with van der Waals surface area (Å²) in [6.45, 7) is 1.90. The molecule has 34 heavy (non-hydrogen) atoms. The molecule has 3 aliphatic heterocycles. The fraction of sp³-hybridized carbons (Fsp3) is 0.217. The number of hydrogen-bond acceptors (Lipinski definition) is 8. The molecule has 1 N–H and O–H groups in total. The van der Waals surface area contributed by atoms with Gasteiger partial charge in [0.25, 0.3) is 11.6 Å². The van der Waals surface area contributed by atoms with E-state index in [0.29, 0.717) is 22.0 Å². The minimum atomic E-state index is -0.474. The number of rotatable bonds is 5. The largest absolute Gasteiger partial charge is 0.489 e. The molecule has 0 spiro atoms. The van der Waals surface area contributed by atoms with Crippen molar-refractivity contribution in [1.82, 2.24) is 9.91 Å². The monoisotopic (exact) mass is 476 g/mol. The fourth-order valence-corrected chi connectivity index (χ4v) is 4.76. The first-order chi connectivity index (χ1) is 16.5. The van der Waals surface area contributed by atoms with Gasteiger partial charge in [0, 0.05) is 19.2 Å². The van der Waals surface area contributed by atoms with Crippen LogP contribution in [-0.4, -0.2) is 50.0 Å². The van der Waals surface area contributed by atoms with Crippen LogP contribution in [0.15, 0.2) is 64.2 Å². The van der Waals surface area contributed by atoms with Crippen LogP contribution in [0.3, 0.4) is 0 Å². The number of hydrazone groups is 1. The van der Waals surface area contributed by atoms with E-state index in [-0.39, 0.29) is 23.7 Å². The van der Waals surface area contributed by atoms with Crippen molar-refractivity contribution in [3.63, 3.8) is 0 Å². The molecule has 2 aromatic rings. The summed E-state index contributed by atoms with van der Waals surface area (Å²) in [6, 6.07) is 13.3. The number of nitro groups is 1. The molecular formula is C23H20N6O4S. The van der Waals surface area contributed by atoms with Gasteiger partial charge < -0.3 is 9.64 Å². The molecular weight excluding hydrogens is 456 g/mol. The van der Waals surface area contributed by atoms with Gasteiger partial charge in [0.2, 0.25) is 5.17 Å². The number of carbonyl (C=O) groups is 1. The van der Waals surface area contributed by atoms with Gasteiger partial charge in [0.1, 0.15) is 12.4 Å². The van der Waals surface area contributed by atoms with Crippen LogP contribution in [0.25, 0.3) is 6.08 Å². The molecule has 3 aliphatic rings. The quantitative estimate of drug-likeness (QED) is 0.395. The van der Waals surface area contributed by atoms with Gasteiger partial charge in [-0.25, -0.2) is 0 Å². The van der Waals surface area contributed by atoms with Gasteiger partial charge >= 0.3 is 0 Å². The van der Waals surface area contributed by atoms with Crippen molar-refractivity contribution in [2.24, 2.45) is 10.1 Å². The fourth-order valence-electron chi connectivity index (χ4n) is 3.82. The van der Waals surface area contributed by atoms with Crippen LogP contribution in [-0.2, 0) is 11.4 Å². The van der Waals surface area contributed by atoms with Crippen molar-refractivity contribution in [1.29, 1.82) is 5.41 Å². The zero-order valence-corrected chi connectivity index (χ0v) is 18.8. The van der Waals surface area contributed by atoms with E-state index in [1.165, 1.54) is 22.8 Å². The molecule has 11 heteroatoms. The van der Waals surface area contributed by atoms with E-state index < -0.39 is 10.8 Å². The molecule has 0 bridgehead atoms. The summed E-state index contributed by atoms with van der Waals surface area (Å²) in [6.07, 6.45) is 3.82. The molecule has 2 aromatic carbocycles. The lowest BCUT2D eigenvalue weighted by Crippen LogP contribution is -2.35. The highest BCUT2D eigenvalue weighted by atomic mass is 32.2. The molecule has 1 fully saturated rings. The number of aliphatic imine (C=N–C) groups is 1. The van der Waals surface area contributed by atoms with Gasteiger partial charge in [0.15, 0.2) is 11.0 Å². The summed E-state index contributed by atoms with van der Waals surface area (Å²) in [5.74, 6) is 0.0493. The third-order valence-corrected chi connectivity index (χ3v) is 6.56. The molecule has 0 radical (unpaired) electrons. The first-order valence-electron chi connectivity index (χ1n) is 10.7. The first-order valence-corrected chi connectivity index (χ1v) is 11.5. The van der Waals surface area contributed by atoms with Crippen LogP contribution in [0.5, 0.6) is 5.75 Å². The van der Waals surface area contributed by atoms with E-state index in [1.54, 1.807) is 48.5 Å². The number of fused-ring (bicyclic) bond motifs is 1. The molecule has 172 valence electrons. The Labute approximate surface area is 199 Å². The Kier molecular flexibility index (Phi) is 5.84. The molecule has 0 atom stereocenters. The highest BCUT2D eigenvalue weighted by Crippen LogP contribution is 2.31. The SMILES string of the molecule is N=C1/C(=C/c2ccc(OCc3ccccc3[N+](=O)[O-])cc2)C(=O)N=C2SC(N3CCCC3)=NN12. The number of likely N-dealkylation sites (tertiary alicyclic amines) is 1. The van der Waals surface area contributed by atoms with Crippen molar-refractivity contribution in [3.8, 4) is 5.75 Å². The van der Waals surface area contributed by atoms with Crippen LogP contribution in [0, 0.1) is 15.5 Å². The number of amides is 1. The summed E-state index contributed by atoms with van der Waals surface area (Å²) in [4.78, 5) is 29.6. The van der Waals surface area contributed by atoms with Crippen LogP contribution in [0.4, 0.5) is 5.69 Å². The molecule has 0 unspecified atom stereocenters. The van der Waals surface area contributed by atoms with Gasteiger partial charge in [-0.05, 0) is 54.4 Å². The van der Waals surface area contributed by atoms with Crippen molar-refractivity contribution < 1.29 is 14.5 Å². The minimum Gasteiger partial charge on any atom is -0.489 e. The molecule has 1 amide bonds. The molecule has 5 rings (SSSR count). The van der Waals surface area contributed by atoms with Crippen LogP contribution < -0.4 is 4.74 Å². The summed E-state index contributed by atoms with van der Waals surface area (Å²) in [5, 5.41) is 26.8. The first kappa shape index (κ1) is 21.8. The normalized spacial score (nSPS) is 18.8. The summed E-state index contributed by atoms with van der Waals surface area (Å²) >= 11 is 1.32. The predicted octanol–water partition coefficient (Wildman–Crippen LogP) is 3.85. The van der Waals surface area contributed by atoms with Crippen molar-refractivity contribution >= 4 is 45.6 Å². The van der Waals surface area contributed by atoms with E-state index in [9.17, 15) is 14.9 Å². The predicted molar refractivity (Wildman–Crippen MR) is 130 cm³/mol. The Morgan fingerprint density at radius 1 is 1.12 bits per heavy atom. The Morgan fingerprint density at radius 3 is 2.59 bits per heavy atom. The molecule has 3 heterocycles. The zero-order chi connectivity index (χ0) is 23.7. The maximum atomic E-state index is 12.6. The van der Waals surface area contributed by atoms with E-state index in [2.05, 4.69) is 15.0 Å². The molecule has 1 saturated heterocycles. The second-order valence-corrected chi connectivity index (χ2v) is 8.77. The molecule has 0 aliphatic carbocycles. The third-order valence-electron chi connectivity index (χ3n) is 5.59. The highest BCUT2D eigenvalue weighted by Gasteiger charge is 2.37. The van der Waals surface area contributed by atoms with Gasteiger partial charge in [-0.2, -0.15) is 10.0 Å². The Hall–Kier alpha value is -3.99. The lowest BCUT2D eigenvalue weighted by molar-refractivity contribution is -0.385. The van der Waals surface area contributed by atoms with Gasteiger partial charge in [-0.15, -0.1) is 5.10 Å². The second kappa shape index (κ2) is 9.10. The molecule has 10 nitrogen and oxygen atoms in total. The van der Waals surface area contributed by atoms with Crippen molar-refractivity contribution in [3.05, 3.63) is 75.3 Å². The number of nitro benzene ring substituents is 1. The number of thioether (sulfide) groups is 1. The Balaban J connectivity index is 1.29. The number of nitrogens with one attached hydrogen (secondary N) is 1. The number of hydrogen-bond donors (Lipinski definition) is 1. The Bertz CT molecular complexity index is 1260. The maximum Gasteiger partial charge on any atom is 0.283 e. The lowest BCUT2D eigenvalue weighted by Gasteiger charge is -2.20. The topological polar surface area (TPSA) is 124 Å². The van der Waals surface area contributed by atoms with Gasteiger partial charge in [-0.3, -0.25) is 20.3 Å². The van der Waals surface area contributed by atoms with Crippen LogP contribution in [0.2, 0.25) is 0 Å². The summed E-state index contributed by atoms with van der Waals surface area (Å²) < 4.78 is 5.70. The van der Waals surface area contributed by atoms with Crippen molar-refractivity contribution in [2.45, 2.75) is 19.4 Å². The maximum absolute atomic E-state index is 12.6. The minimum absolute atomic E-state index is 0.00610. The lowest BCUT2D eigenvalue weighted by atomic mass is 10.1. The smallest absolute Gasteiger partial charge is 0.283 e. The van der Waals surface area contributed by atoms with E-state index in [0.717, 1.165) is 31.1 Å². The Morgan fingerprint density at radius 2 is 1.85 bits per heavy atom. The molecule has 0 saturated carbocycles. The van der Waals surface area contributed by atoms with Crippen molar-refractivity contribution in [2.75, 3.05) is 13.1 Å². The standard InChI is InChI=1S/C23H20N6O4S/c24-20-18(21(30)25-22-28(20)26-23(34-22)27-11-3-4-12-27)13-15-7-9-17(10-8-15)33-14-16-5-1-2-6-19(16)29(31)32/h1-2,5-10,13,24H,3-4,11-12,14H2/b18-13-,24-20?. The number of carbonyl (C=O) groups excluding carboxylic acids is 1. The third kappa shape index (κ3) is 4.29. The number of amidine groups is 3. The number of benzene rings is 2. The number of nitrogens with zero attached hydrogens (tertiary/aromatic N) is 5. The zero-order valence-electron chi connectivity index (χ0n) is 18.0. The van der Waals surface area contributed by atoms with E-state index in [4.69, 9.17) is 10.1 Å². The van der Waals surface area contributed by atoms with Gasteiger partial charge in [-0.1, -0.05) is 24.3 Å². The number of para-hydroxylation sites is 1. The van der Waals surface area contributed by atoms with Crippen LogP contribution in [0.1, 0.15) is 24.0 Å². The molecule has 0 aromatic heterocycles. The summed E-state index contributed by atoms with van der Waals surface area (Å²) in [5.41, 5.74) is 1.34.